The first-order chi connectivity index (χ1) is 14.0. The number of amides is 1. The molecule has 0 saturated heterocycles. The Morgan fingerprint density at radius 2 is 2.03 bits per heavy atom. The first-order valence-electron chi connectivity index (χ1n) is 9.82. The van der Waals surface area contributed by atoms with E-state index in [1.807, 2.05) is 18.2 Å². The molecular weight excluding hydrogens is 374 g/mol. The Hall–Kier alpha value is -2.58. The molecule has 0 saturated carbocycles. The van der Waals surface area contributed by atoms with Crippen molar-refractivity contribution in [2.75, 3.05) is 27.1 Å². The first kappa shape index (κ1) is 21.1. The number of oxazole rings is 1. The number of rotatable bonds is 10. The molecular formula is C21H29N3O5. The molecule has 158 valence electrons. The number of nitrogens with one attached hydrogen (secondary N) is 1. The first-order valence-corrected chi connectivity index (χ1v) is 9.82. The van der Waals surface area contributed by atoms with Crippen molar-refractivity contribution < 1.29 is 23.4 Å². The number of hydrogen-bond donors (Lipinski definition) is 1. The van der Waals surface area contributed by atoms with Crippen LogP contribution in [-0.4, -0.2) is 48.9 Å². The van der Waals surface area contributed by atoms with Crippen molar-refractivity contribution in [2.45, 2.75) is 39.9 Å². The molecule has 0 radical (unpaired) electrons. The van der Waals surface area contributed by atoms with Crippen LogP contribution in [0.15, 0.2) is 28.9 Å². The van der Waals surface area contributed by atoms with Gasteiger partial charge in [0.05, 0.1) is 13.2 Å². The lowest BCUT2D eigenvalue weighted by Crippen LogP contribution is -2.36. The van der Waals surface area contributed by atoms with E-state index in [-0.39, 0.29) is 24.4 Å². The normalized spacial score (nSPS) is 13.9. The minimum Gasteiger partial charge on any atom is -0.454 e. The van der Waals surface area contributed by atoms with Crippen molar-refractivity contribution in [3.05, 3.63) is 41.6 Å². The van der Waals surface area contributed by atoms with Crippen LogP contribution in [0.25, 0.3) is 0 Å². The van der Waals surface area contributed by atoms with Gasteiger partial charge in [-0.3, -0.25) is 9.69 Å². The maximum atomic E-state index is 12.1. The zero-order chi connectivity index (χ0) is 20.8. The highest BCUT2D eigenvalue weighted by Crippen LogP contribution is 2.33. The van der Waals surface area contributed by atoms with Gasteiger partial charge in [0.15, 0.2) is 17.2 Å². The molecule has 1 N–H and O–H groups in total. The minimum atomic E-state index is -0.267. The standard InChI is InChI=1S/C21H29N3O5/c1-14(2)15(3)24(10-16-5-6-18-19(9-16)29-13-28-18)11-20-23-17(12-27-20)21(25)22-7-8-26-4/h5-6,9,12,14-15H,7-8,10-11,13H2,1-4H3,(H,22,25). The van der Waals surface area contributed by atoms with Gasteiger partial charge in [-0.2, -0.15) is 0 Å². The summed E-state index contributed by atoms with van der Waals surface area (Å²) in [5.41, 5.74) is 1.39. The van der Waals surface area contributed by atoms with Crippen molar-refractivity contribution in [1.29, 1.82) is 0 Å². The van der Waals surface area contributed by atoms with Gasteiger partial charge in [-0.25, -0.2) is 4.98 Å². The van der Waals surface area contributed by atoms with E-state index in [9.17, 15) is 4.79 Å². The second-order valence-corrected chi connectivity index (χ2v) is 7.45. The van der Waals surface area contributed by atoms with E-state index in [1.165, 1.54) is 6.26 Å². The number of nitrogens with zero attached hydrogens (tertiary/aromatic N) is 2. The zero-order valence-corrected chi connectivity index (χ0v) is 17.4. The summed E-state index contributed by atoms with van der Waals surface area (Å²) in [7, 11) is 1.59. The molecule has 1 amide bonds. The van der Waals surface area contributed by atoms with E-state index in [1.54, 1.807) is 7.11 Å². The maximum Gasteiger partial charge on any atom is 0.273 e. The maximum absolute atomic E-state index is 12.1. The van der Waals surface area contributed by atoms with E-state index < -0.39 is 0 Å². The Kier molecular flexibility index (Phi) is 7.11. The summed E-state index contributed by atoms with van der Waals surface area (Å²) in [6.45, 7) is 8.88. The van der Waals surface area contributed by atoms with E-state index in [0.29, 0.717) is 38.0 Å². The SMILES string of the molecule is COCCNC(=O)c1coc(CN(Cc2ccc3c(c2)OCO3)C(C)C(C)C)n1. The Morgan fingerprint density at radius 3 is 2.79 bits per heavy atom. The van der Waals surface area contributed by atoms with Gasteiger partial charge in [-0.1, -0.05) is 19.9 Å². The van der Waals surface area contributed by atoms with Crippen LogP contribution >= 0.6 is 0 Å². The summed E-state index contributed by atoms with van der Waals surface area (Å²) in [6.07, 6.45) is 1.40. The van der Waals surface area contributed by atoms with Crippen molar-refractivity contribution in [2.24, 2.45) is 5.92 Å². The van der Waals surface area contributed by atoms with Crippen LogP contribution < -0.4 is 14.8 Å². The Labute approximate surface area is 171 Å². The molecule has 8 nitrogen and oxygen atoms in total. The average Bonchev–Trinajstić information content (AvgIpc) is 3.36. The van der Waals surface area contributed by atoms with Crippen LogP contribution in [0.5, 0.6) is 11.5 Å². The molecule has 8 heteroatoms. The van der Waals surface area contributed by atoms with Crippen LogP contribution in [0.2, 0.25) is 0 Å². The van der Waals surface area contributed by atoms with Crippen LogP contribution in [0.3, 0.4) is 0 Å². The fourth-order valence-electron chi connectivity index (χ4n) is 3.06. The zero-order valence-electron chi connectivity index (χ0n) is 17.4. The molecule has 1 unspecified atom stereocenters. The van der Waals surface area contributed by atoms with E-state index in [4.69, 9.17) is 18.6 Å². The summed E-state index contributed by atoms with van der Waals surface area (Å²) in [6, 6.07) is 6.26. The monoisotopic (exact) mass is 403 g/mol. The van der Waals surface area contributed by atoms with Crippen molar-refractivity contribution in [1.82, 2.24) is 15.2 Å². The fourth-order valence-corrected chi connectivity index (χ4v) is 3.06. The lowest BCUT2D eigenvalue weighted by Gasteiger charge is -2.30. The summed E-state index contributed by atoms with van der Waals surface area (Å²) in [5.74, 6) is 2.22. The molecule has 3 rings (SSSR count). The van der Waals surface area contributed by atoms with Crippen LogP contribution in [0.1, 0.15) is 42.7 Å². The molecule has 1 aromatic heterocycles. The topological polar surface area (TPSA) is 86.1 Å². The molecule has 1 aliphatic heterocycles. The average molecular weight is 403 g/mol. The van der Waals surface area contributed by atoms with E-state index in [2.05, 4.69) is 36.0 Å². The largest absolute Gasteiger partial charge is 0.454 e. The van der Waals surface area contributed by atoms with Crippen LogP contribution in [-0.2, 0) is 17.8 Å². The number of fused-ring (bicyclic) bond motifs is 1. The van der Waals surface area contributed by atoms with Gasteiger partial charge in [-0.15, -0.1) is 0 Å². The van der Waals surface area contributed by atoms with Crippen molar-refractivity contribution in [3.63, 3.8) is 0 Å². The molecule has 2 heterocycles. The van der Waals surface area contributed by atoms with Gasteiger partial charge in [0.2, 0.25) is 12.7 Å². The molecule has 29 heavy (non-hydrogen) atoms. The van der Waals surface area contributed by atoms with Gasteiger partial charge >= 0.3 is 0 Å². The lowest BCUT2D eigenvalue weighted by molar-refractivity contribution is 0.0932. The molecule has 1 aliphatic rings. The van der Waals surface area contributed by atoms with Gasteiger partial charge in [0, 0.05) is 26.2 Å². The number of carbonyl (C=O) groups excluding carboxylic acids is 1. The smallest absolute Gasteiger partial charge is 0.273 e. The molecule has 0 bridgehead atoms. The number of aromatic nitrogens is 1. The highest BCUT2D eigenvalue weighted by atomic mass is 16.7. The number of ether oxygens (including phenoxy) is 3. The summed E-state index contributed by atoms with van der Waals surface area (Å²) in [5, 5.41) is 2.75. The number of methoxy groups -OCH3 is 1. The van der Waals surface area contributed by atoms with Gasteiger partial charge in [-0.05, 0) is 30.5 Å². The van der Waals surface area contributed by atoms with Gasteiger partial charge in [0.25, 0.3) is 5.91 Å². The summed E-state index contributed by atoms with van der Waals surface area (Å²) >= 11 is 0. The van der Waals surface area contributed by atoms with Crippen molar-refractivity contribution >= 4 is 5.91 Å². The predicted octanol–water partition coefficient (Wildman–Crippen LogP) is 2.83. The third kappa shape index (κ3) is 5.48. The highest BCUT2D eigenvalue weighted by molar-refractivity contribution is 5.91. The number of hydrogen-bond acceptors (Lipinski definition) is 7. The molecule has 2 aromatic rings. The highest BCUT2D eigenvalue weighted by Gasteiger charge is 2.22. The van der Waals surface area contributed by atoms with E-state index in [0.717, 1.165) is 17.1 Å². The molecule has 0 fully saturated rings. The van der Waals surface area contributed by atoms with Crippen LogP contribution in [0, 0.1) is 5.92 Å². The molecule has 1 atom stereocenters. The fraction of sp³-hybridized carbons (Fsp3) is 0.524. The molecule has 0 spiro atoms. The molecule has 0 aliphatic carbocycles. The van der Waals surface area contributed by atoms with Gasteiger partial charge in [0.1, 0.15) is 6.26 Å². The van der Waals surface area contributed by atoms with Crippen LogP contribution in [0.4, 0.5) is 0 Å². The third-order valence-corrected chi connectivity index (χ3v) is 5.08. The lowest BCUT2D eigenvalue weighted by atomic mass is 10.0. The Balaban J connectivity index is 1.69. The number of carbonyl (C=O) groups is 1. The quantitative estimate of drug-likeness (QED) is 0.611. The van der Waals surface area contributed by atoms with Crippen molar-refractivity contribution in [3.8, 4) is 11.5 Å². The van der Waals surface area contributed by atoms with Gasteiger partial charge < -0.3 is 23.9 Å². The summed E-state index contributed by atoms with van der Waals surface area (Å²) < 4.78 is 21.4. The third-order valence-electron chi connectivity index (χ3n) is 5.08. The second-order valence-electron chi connectivity index (χ2n) is 7.45. The second kappa shape index (κ2) is 9.76. The Bertz CT molecular complexity index is 820. The predicted molar refractivity (Wildman–Crippen MR) is 107 cm³/mol. The molecule has 1 aromatic carbocycles. The minimum absolute atomic E-state index is 0.260. The Morgan fingerprint density at radius 1 is 1.24 bits per heavy atom. The number of benzene rings is 1. The summed E-state index contributed by atoms with van der Waals surface area (Å²) in [4.78, 5) is 18.8. The van der Waals surface area contributed by atoms with E-state index >= 15 is 0 Å².